The molecular weight excluding hydrogens is 581 g/mol. The molecule has 1 atom stereocenters. The molecule has 94 valence electrons. The first-order valence-electron chi connectivity index (χ1n) is 5.31. The molecule has 0 N–H and O–H groups in total. The van der Waals surface area contributed by atoms with Crippen molar-refractivity contribution in [2.45, 2.75) is 0 Å². The van der Waals surface area contributed by atoms with Gasteiger partial charge in [0.15, 0.2) is 0 Å². The molecule has 0 aliphatic carbocycles. The Morgan fingerprint density at radius 3 is 1.83 bits per heavy atom. The van der Waals surface area contributed by atoms with Crippen LogP contribution in [0.3, 0.4) is 0 Å². The van der Waals surface area contributed by atoms with Crippen LogP contribution in [0.2, 0.25) is 0 Å². The summed E-state index contributed by atoms with van der Waals surface area (Å²) < 4.78 is 0. The van der Waals surface area contributed by atoms with Crippen molar-refractivity contribution in [2.24, 2.45) is 0 Å². The number of hydrogen-bond donors (Lipinski definition) is 0. The summed E-state index contributed by atoms with van der Waals surface area (Å²) in [7, 11) is 6.94. The molecule has 0 amide bonds. The number of para-hydroxylation sites is 1. The molecule has 2 aromatic carbocycles. The van der Waals surface area contributed by atoms with E-state index in [2.05, 4.69) is 76.8 Å². The molecule has 1 unspecified atom stereocenters. The third-order valence-electron chi connectivity index (χ3n) is 2.64. The summed E-state index contributed by atoms with van der Waals surface area (Å²) in [6.07, 6.45) is 0. The van der Waals surface area contributed by atoms with E-state index in [1.807, 2.05) is 0 Å². The van der Waals surface area contributed by atoms with Crippen LogP contribution in [0.15, 0.2) is 48.5 Å². The SMILES string of the molecule is CN(C)c1ccccc1-c1ccccc1P.[W].[W]. The van der Waals surface area contributed by atoms with Crippen molar-refractivity contribution in [1.29, 1.82) is 0 Å². The van der Waals surface area contributed by atoms with Crippen molar-refractivity contribution >= 4 is 20.2 Å². The molecule has 18 heavy (non-hydrogen) atoms. The average Bonchev–Trinajstić information content (AvgIpc) is 2.29. The van der Waals surface area contributed by atoms with E-state index in [0.717, 1.165) is 0 Å². The largest absolute Gasteiger partial charge is 0.377 e. The predicted molar refractivity (Wildman–Crippen MR) is 75.5 cm³/mol. The number of nitrogens with zero attached hydrogens (tertiary/aromatic N) is 1. The van der Waals surface area contributed by atoms with Crippen LogP contribution in [0.1, 0.15) is 0 Å². The van der Waals surface area contributed by atoms with Crippen LogP contribution in [0, 0.1) is 0 Å². The smallest absolute Gasteiger partial charge is 0.0440 e. The fourth-order valence-corrected chi connectivity index (χ4v) is 2.20. The standard InChI is InChI=1S/C14H16NP.2W/c1-15(2)13-9-5-3-7-11(13)12-8-4-6-10-14(12)16;;/h3-10H,16H2,1-2H3;;. The van der Waals surface area contributed by atoms with Crippen molar-refractivity contribution in [1.82, 2.24) is 0 Å². The van der Waals surface area contributed by atoms with E-state index < -0.39 is 0 Å². The Hall–Kier alpha value is 0.0466. The van der Waals surface area contributed by atoms with E-state index >= 15 is 0 Å². The third-order valence-corrected chi connectivity index (χ3v) is 3.14. The van der Waals surface area contributed by atoms with Gasteiger partial charge in [-0.15, -0.1) is 9.24 Å². The quantitative estimate of drug-likeness (QED) is 0.482. The zero-order chi connectivity index (χ0) is 11.5. The summed E-state index contributed by atoms with van der Waals surface area (Å²) in [6.45, 7) is 0. The molecule has 0 fully saturated rings. The van der Waals surface area contributed by atoms with Crippen molar-refractivity contribution in [2.75, 3.05) is 19.0 Å². The van der Waals surface area contributed by atoms with Gasteiger partial charge in [0.1, 0.15) is 0 Å². The van der Waals surface area contributed by atoms with Crippen molar-refractivity contribution in [3.05, 3.63) is 48.5 Å². The zero-order valence-corrected chi connectivity index (χ0v) is 17.5. The number of benzene rings is 2. The molecule has 0 aromatic heterocycles. The molecule has 0 aliphatic rings. The summed E-state index contributed by atoms with van der Waals surface area (Å²) in [5.41, 5.74) is 3.80. The van der Waals surface area contributed by atoms with Crippen molar-refractivity contribution in [3.8, 4) is 11.1 Å². The minimum Gasteiger partial charge on any atom is -0.377 e. The Kier molecular flexibility index (Phi) is 8.29. The third kappa shape index (κ3) is 4.02. The summed E-state index contributed by atoms with van der Waals surface area (Å²) in [4.78, 5) is 2.15. The van der Waals surface area contributed by atoms with Gasteiger partial charge >= 0.3 is 0 Å². The maximum atomic E-state index is 2.80. The number of hydrogen-bond acceptors (Lipinski definition) is 1. The van der Waals surface area contributed by atoms with Gasteiger partial charge in [0, 0.05) is 67.5 Å². The Labute approximate surface area is 140 Å². The Bertz CT molecular complexity index is 501. The van der Waals surface area contributed by atoms with Gasteiger partial charge in [-0.05, 0) is 16.9 Å². The predicted octanol–water partition coefficient (Wildman–Crippen LogP) is 2.92. The van der Waals surface area contributed by atoms with Crippen molar-refractivity contribution in [3.63, 3.8) is 0 Å². The average molecular weight is 597 g/mol. The minimum atomic E-state index is 0. The van der Waals surface area contributed by atoms with E-state index in [1.165, 1.54) is 22.1 Å². The Morgan fingerprint density at radius 1 is 0.778 bits per heavy atom. The fourth-order valence-electron chi connectivity index (χ4n) is 1.83. The molecule has 0 spiro atoms. The minimum absolute atomic E-state index is 0. The summed E-state index contributed by atoms with van der Waals surface area (Å²) in [6, 6.07) is 16.9. The van der Waals surface area contributed by atoms with Crippen LogP contribution in [-0.4, -0.2) is 14.1 Å². The molecule has 0 saturated carbocycles. The molecule has 1 nitrogen and oxygen atoms in total. The first kappa shape index (κ1) is 18.0. The van der Waals surface area contributed by atoms with Gasteiger partial charge in [0.25, 0.3) is 0 Å². The van der Waals surface area contributed by atoms with Gasteiger partial charge in [-0.3, -0.25) is 0 Å². The Morgan fingerprint density at radius 2 is 1.28 bits per heavy atom. The molecule has 0 heterocycles. The van der Waals surface area contributed by atoms with Gasteiger partial charge < -0.3 is 4.90 Å². The molecule has 2 aromatic rings. The van der Waals surface area contributed by atoms with Crippen LogP contribution >= 0.6 is 9.24 Å². The Balaban J connectivity index is 0.00000144. The second-order valence-electron chi connectivity index (χ2n) is 4.00. The maximum Gasteiger partial charge on any atom is 0.0440 e. The second-order valence-corrected chi connectivity index (χ2v) is 4.62. The maximum absolute atomic E-state index is 2.80. The summed E-state index contributed by atoms with van der Waals surface area (Å²) in [5.74, 6) is 0. The van der Waals surface area contributed by atoms with E-state index in [0.29, 0.717) is 0 Å². The van der Waals surface area contributed by atoms with Crippen LogP contribution in [0.25, 0.3) is 11.1 Å². The van der Waals surface area contributed by atoms with Gasteiger partial charge in [-0.25, -0.2) is 0 Å². The molecular formula is C14H16NPW2. The number of anilines is 1. The van der Waals surface area contributed by atoms with Gasteiger partial charge in [-0.1, -0.05) is 42.5 Å². The van der Waals surface area contributed by atoms with E-state index in [9.17, 15) is 0 Å². The normalized spacial score (nSPS) is 9.06. The molecule has 2 rings (SSSR count). The molecule has 0 aliphatic heterocycles. The second kappa shape index (κ2) is 8.26. The molecule has 0 saturated heterocycles. The van der Waals surface area contributed by atoms with Crippen LogP contribution in [0.4, 0.5) is 5.69 Å². The summed E-state index contributed by atoms with van der Waals surface area (Å²) >= 11 is 0. The monoisotopic (exact) mass is 597 g/mol. The molecule has 0 bridgehead atoms. The molecule has 4 heteroatoms. The van der Waals surface area contributed by atoms with Crippen LogP contribution < -0.4 is 10.2 Å². The first-order valence-corrected chi connectivity index (χ1v) is 5.89. The van der Waals surface area contributed by atoms with Gasteiger partial charge in [-0.2, -0.15) is 0 Å². The van der Waals surface area contributed by atoms with Crippen LogP contribution in [0.5, 0.6) is 0 Å². The van der Waals surface area contributed by atoms with Crippen molar-refractivity contribution < 1.29 is 42.1 Å². The first-order chi connectivity index (χ1) is 7.70. The van der Waals surface area contributed by atoms with Crippen LogP contribution in [-0.2, 0) is 42.1 Å². The fraction of sp³-hybridized carbons (Fsp3) is 0.143. The molecule has 0 radical (unpaired) electrons. The summed E-state index contributed by atoms with van der Waals surface area (Å²) in [5, 5.41) is 1.23. The number of rotatable bonds is 2. The van der Waals surface area contributed by atoms with Gasteiger partial charge in [0.2, 0.25) is 0 Å². The van der Waals surface area contributed by atoms with E-state index in [-0.39, 0.29) is 42.1 Å². The topological polar surface area (TPSA) is 3.24 Å². The van der Waals surface area contributed by atoms with E-state index in [1.54, 1.807) is 0 Å². The van der Waals surface area contributed by atoms with Gasteiger partial charge in [0.05, 0.1) is 0 Å². The zero-order valence-electron chi connectivity index (χ0n) is 10.5. The van der Waals surface area contributed by atoms with E-state index in [4.69, 9.17) is 0 Å².